The predicted molar refractivity (Wildman–Crippen MR) is 129 cm³/mol. The third-order valence-corrected chi connectivity index (χ3v) is 5.80. The van der Waals surface area contributed by atoms with Crippen LogP contribution in [0.15, 0.2) is 79.0 Å². The Morgan fingerprint density at radius 1 is 0.903 bits per heavy atom. The molecule has 0 aliphatic rings. The van der Waals surface area contributed by atoms with Crippen molar-refractivity contribution in [3.8, 4) is 11.3 Å². The second-order valence-electron chi connectivity index (χ2n) is 8.76. The molecule has 1 N–H and O–H groups in total. The molecule has 0 aliphatic carbocycles. The van der Waals surface area contributed by atoms with Crippen LogP contribution in [0.1, 0.15) is 26.3 Å². The summed E-state index contributed by atoms with van der Waals surface area (Å²) in [6.07, 6.45) is 1.86. The molecule has 0 unspecified atom stereocenters. The zero-order chi connectivity index (χ0) is 21.6. The van der Waals surface area contributed by atoms with E-state index in [1.165, 1.54) is 5.56 Å². The highest BCUT2D eigenvalue weighted by Gasteiger charge is 2.14. The molecule has 31 heavy (non-hydrogen) atoms. The molecule has 0 radical (unpaired) electrons. The Balaban J connectivity index is 1.54. The molecule has 2 aromatic carbocycles. The number of hydrogen-bond donors (Lipinski definition) is 1. The number of hydrogen-bond acceptors (Lipinski definition) is 3. The van der Waals surface area contributed by atoms with Gasteiger partial charge in [-0.1, -0.05) is 62.7 Å². The van der Waals surface area contributed by atoms with Crippen molar-refractivity contribution in [3.05, 3.63) is 89.6 Å². The van der Waals surface area contributed by atoms with Gasteiger partial charge in [0.2, 0.25) is 0 Å². The molecule has 0 saturated heterocycles. The van der Waals surface area contributed by atoms with Crippen LogP contribution in [-0.2, 0) is 5.41 Å². The second kappa shape index (κ2) is 7.40. The quantitative estimate of drug-likeness (QED) is 0.330. The number of pyridine rings is 2. The number of anilines is 2. The van der Waals surface area contributed by atoms with Crippen molar-refractivity contribution in [1.29, 1.82) is 0 Å². The zero-order valence-electron chi connectivity index (χ0n) is 17.7. The average molecular weight is 427 g/mol. The fourth-order valence-electron chi connectivity index (χ4n) is 3.69. The van der Waals surface area contributed by atoms with E-state index in [1.807, 2.05) is 47.1 Å². The Kier molecular flexibility index (Phi) is 4.67. The van der Waals surface area contributed by atoms with E-state index >= 15 is 0 Å². The predicted octanol–water partition coefficient (Wildman–Crippen LogP) is 7.24. The summed E-state index contributed by atoms with van der Waals surface area (Å²) < 4.78 is 1.85. The SMILES string of the molecule is CC(C)(C)c1ccc(Nc2ccc(Cl)c3cc(-c4cnc5ccccc5c4)nn23)cc1. The van der Waals surface area contributed by atoms with Crippen molar-refractivity contribution >= 4 is 39.5 Å². The molecule has 4 nitrogen and oxygen atoms in total. The van der Waals surface area contributed by atoms with Crippen LogP contribution in [-0.4, -0.2) is 14.6 Å². The van der Waals surface area contributed by atoms with Crippen LogP contribution in [0.5, 0.6) is 0 Å². The van der Waals surface area contributed by atoms with Crippen LogP contribution in [0.4, 0.5) is 11.5 Å². The third kappa shape index (κ3) is 3.75. The van der Waals surface area contributed by atoms with Crippen molar-refractivity contribution in [1.82, 2.24) is 14.6 Å². The van der Waals surface area contributed by atoms with Crippen molar-refractivity contribution < 1.29 is 0 Å². The molecule has 0 amide bonds. The molecule has 0 spiro atoms. The molecule has 5 aromatic rings. The molecule has 3 aromatic heterocycles. The first kappa shape index (κ1) is 19.6. The van der Waals surface area contributed by atoms with Crippen LogP contribution >= 0.6 is 11.6 Å². The van der Waals surface area contributed by atoms with E-state index in [1.54, 1.807) is 0 Å². The van der Waals surface area contributed by atoms with Gasteiger partial charge in [0.05, 0.1) is 21.7 Å². The van der Waals surface area contributed by atoms with Gasteiger partial charge in [-0.05, 0) is 53.4 Å². The Morgan fingerprint density at radius 2 is 1.68 bits per heavy atom. The van der Waals surface area contributed by atoms with Gasteiger partial charge in [-0.25, -0.2) is 4.52 Å². The van der Waals surface area contributed by atoms with E-state index < -0.39 is 0 Å². The summed E-state index contributed by atoms with van der Waals surface area (Å²) in [4.78, 5) is 4.57. The topological polar surface area (TPSA) is 42.2 Å². The van der Waals surface area contributed by atoms with Gasteiger partial charge < -0.3 is 5.32 Å². The van der Waals surface area contributed by atoms with E-state index in [-0.39, 0.29) is 5.41 Å². The molecule has 5 heteroatoms. The second-order valence-corrected chi connectivity index (χ2v) is 9.17. The summed E-state index contributed by atoms with van der Waals surface area (Å²) in [7, 11) is 0. The molecule has 154 valence electrons. The highest BCUT2D eigenvalue weighted by atomic mass is 35.5. The van der Waals surface area contributed by atoms with E-state index in [9.17, 15) is 0 Å². The Hall–Kier alpha value is -3.37. The van der Waals surface area contributed by atoms with Crippen LogP contribution in [0, 0.1) is 0 Å². The summed E-state index contributed by atoms with van der Waals surface area (Å²) in [6, 6.07) is 24.5. The highest BCUT2D eigenvalue weighted by Crippen LogP contribution is 2.30. The average Bonchev–Trinajstić information content (AvgIpc) is 3.22. The number of para-hydroxylation sites is 1. The number of nitrogens with one attached hydrogen (secondary N) is 1. The standard InChI is InChI=1S/C26H23ClN4/c1-26(2,3)19-8-10-20(11-9-19)29-25-13-12-21(27)24-15-23(30-31(24)25)18-14-17-6-4-5-7-22(17)28-16-18/h4-16,29H,1-3H3. The van der Waals surface area contributed by atoms with Crippen LogP contribution in [0.2, 0.25) is 5.02 Å². The van der Waals surface area contributed by atoms with Crippen molar-refractivity contribution in [2.75, 3.05) is 5.32 Å². The molecular formula is C26H23ClN4. The Labute approximate surface area is 186 Å². The van der Waals surface area contributed by atoms with Gasteiger partial charge in [-0.15, -0.1) is 0 Å². The van der Waals surface area contributed by atoms with Crippen molar-refractivity contribution in [2.24, 2.45) is 0 Å². The first-order valence-electron chi connectivity index (χ1n) is 10.3. The van der Waals surface area contributed by atoms with Gasteiger partial charge in [0.15, 0.2) is 0 Å². The van der Waals surface area contributed by atoms with Gasteiger partial charge in [-0.2, -0.15) is 5.10 Å². The Morgan fingerprint density at radius 3 is 2.45 bits per heavy atom. The molecule has 0 saturated carbocycles. The summed E-state index contributed by atoms with van der Waals surface area (Å²) in [5, 5.41) is 10.0. The molecule has 3 heterocycles. The fraction of sp³-hybridized carbons (Fsp3) is 0.154. The number of rotatable bonds is 3. The molecule has 5 rings (SSSR count). The van der Waals surface area contributed by atoms with E-state index in [2.05, 4.69) is 67.5 Å². The lowest BCUT2D eigenvalue weighted by Gasteiger charge is -2.19. The molecule has 0 atom stereocenters. The van der Waals surface area contributed by atoms with Crippen LogP contribution in [0.3, 0.4) is 0 Å². The van der Waals surface area contributed by atoms with Gasteiger partial charge in [-0.3, -0.25) is 4.98 Å². The van der Waals surface area contributed by atoms with Gasteiger partial charge in [0, 0.05) is 22.8 Å². The van der Waals surface area contributed by atoms with Crippen LogP contribution in [0.25, 0.3) is 27.7 Å². The maximum atomic E-state index is 6.49. The highest BCUT2D eigenvalue weighted by molar-refractivity contribution is 6.34. The van der Waals surface area contributed by atoms with E-state index in [0.717, 1.165) is 39.2 Å². The minimum atomic E-state index is 0.122. The number of aromatic nitrogens is 3. The first-order chi connectivity index (χ1) is 14.9. The lowest BCUT2D eigenvalue weighted by atomic mass is 9.87. The summed E-state index contributed by atoms with van der Waals surface area (Å²) in [6.45, 7) is 6.64. The summed E-state index contributed by atoms with van der Waals surface area (Å²) in [5.41, 5.74) is 6.02. The minimum absolute atomic E-state index is 0.122. The smallest absolute Gasteiger partial charge is 0.132 e. The maximum absolute atomic E-state index is 6.49. The van der Waals surface area contributed by atoms with Crippen LogP contribution < -0.4 is 5.32 Å². The first-order valence-corrected chi connectivity index (χ1v) is 10.7. The van der Waals surface area contributed by atoms with E-state index in [4.69, 9.17) is 16.7 Å². The number of benzene rings is 2. The van der Waals surface area contributed by atoms with E-state index in [0.29, 0.717) is 5.02 Å². The zero-order valence-corrected chi connectivity index (χ0v) is 18.5. The summed E-state index contributed by atoms with van der Waals surface area (Å²) >= 11 is 6.49. The molecule has 0 fully saturated rings. The minimum Gasteiger partial charge on any atom is -0.340 e. The maximum Gasteiger partial charge on any atom is 0.132 e. The fourth-order valence-corrected chi connectivity index (χ4v) is 3.89. The number of halogens is 1. The van der Waals surface area contributed by atoms with Crippen molar-refractivity contribution in [3.63, 3.8) is 0 Å². The third-order valence-electron chi connectivity index (χ3n) is 5.48. The monoisotopic (exact) mass is 426 g/mol. The summed E-state index contributed by atoms with van der Waals surface area (Å²) in [5.74, 6) is 0.850. The van der Waals surface area contributed by atoms with Gasteiger partial charge in [0.25, 0.3) is 0 Å². The molecular weight excluding hydrogens is 404 g/mol. The number of nitrogens with zero attached hydrogens (tertiary/aromatic N) is 3. The largest absolute Gasteiger partial charge is 0.340 e. The number of fused-ring (bicyclic) bond motifs is 2. The van der Waals surface area contributed by atoms with Gasteiger partial charge in [0.1, 0.15) is 5.82 Å². The molecule has 0 aliphatic heterocycles. The van der Waals surface area contributed by atoms with Crippen molar-refractivity contribution in [2.45, 2.75) is 26.2 Å². The lowest BCUT2D eigenvalue weighted by molar-refractivity contribution is 0.590. The normalized spacial score (nSPS) is 11.9. The van der Waals surface area contributed by atoms with Gasteiger partial charge >= 0.3 is 0 Å². The Bertz CT molecular complexity index is 1400. The lowest BCUT2D eigenvalue weighted by Crippen LogP contribution is -2.10. The molecule has 0 bridgehead atoms.